The Kier molecular flexibility index (Phi) is 4.39. The number of nitrogens with zero attached hydrogens (tertiary/aromatic N) is 2. The molecule has 0 radical (unpaired) electrons. The zero-order valence-corrected chi connectivity index (χ0v) is 10.8. The minimum absolute atomic E-state index is 0.0208. The van der Waals surface area contributed by atoms with E-state index in [2.05, 4.69) is 20.7 Å². The number of aromatic hydroxyl groups is 1. The van der Waals surface area contributed by atoms with Crippen LogP contribution in [0.5, 0.6) is 5.75 Å². The molecule has 0 spiro atoms. The van der Waals surface area contributed by atoms with E-state index >= 15 is 0 Å². The normalized spacial score (nSPS) is 15.3. The van der Waals surface area contributed by atoms with E-state index in [1.54, 1.807) is 6.20 Å². The van der Waals surface area contributed by atoms with Crippen LogP contribution < -0.4 is 10.6 Å². The average Bonchev–Trinajstić information content (AvgIpc) is 2.51. The molecule has 1 aromatic carbocycles. The van der Waals surface area contributed by atoms with E-state index in [4.69, 9.17) is 10.6 Å². The molecule has 2 rings (SSSR count). The van der Waals surface area contributed by atoms with Gasteiger partial charge in [0.15, 0.2) is 11.6 Å². The van der Waals surface area contributed by atoms with E-state index in [-0.39, 0.29) is 17.8 Å². The Morgan fingerprint density at radius 2 is 2.33 bits per heavy atom. The van der Waals surface area contributed by atoms with Crippen molar-refractivity contribution >= 4 is 12.1 Å². The summed E-state index contributed by atoms with van der Waals surface area (Å²) in [6.45, 7) is -0.0208. The molecule has 0 saturated carbocycles. The topological polar surface area (TPSA) is 110 Å². The maximum absolute atomic E-state index is 13.2. The fourth-order valence-corrected chi connectivity index (χ4v) is 1.59. The van der Waals surface area contributed by atoms with Gasteiger partial charge in [-0.25, -0.2) is 9.92 Å². The van der Waals surface area contributed by atoms with Gasteiger partial charge >= 0.3 is 0 Å². The first-order valence-corrected chi connectivity index (χ1v) is 5.94. The smallest absolute Gasteiger partial charge is 0.251 e. The van der Waals surface area contributed by atoms with Gasteiger partial charge in [-0.05, 0) is 18.2 Å². The first-order chi connectivity index (χ1) is 10.1. The van der Waals surface area contributed by atoms with Gasteiger partial charge in [0.05, 0.1) is 18.5 Å². The number of allylic oxidation sites excluding steroid dienone is 1. The van der Waals surface area contributed by atoms with E-state index < -0.39 is 17.5 Å². The summed E-state index contributed by atoms with van der Waals surface area (Å²) in [5.41, 5.74) is 7.93. The van der Waals surface area contributed by atoms with Crippen LogP contribution in [0.1, 0.15) is 10.4 Å². The van der Waals surface area contributed by atoms with Crippen molar-refractivity contribution in [2.24, 2.45) is 10.1 Å². The van der Waals surface area contributed by atoms with Crippen molar-refractivity contribution < 1.29 is 14.3 Å². The van der Waals surface area contributed by atoms with Crippen LogP contribution >= 0.6 is 0 Å². The average molecular weight is 289 g/mol. The summed E-state index contributed by atoms with van der Waals surface area (Å²) in [5, 5.41) is 17.7. The quantitative estimate of drug-likeness (QED) is 0.632. The molecular formula is C13H12FN5O2. The summed E-state index contributed by atoms with van der Waals surface area (Å²) in [7, 11) is 0. The molecule has 8 heteroatoms. The van der Waals surface area contributed by atoms with Gasteiger partial charge in [-0.3, -0.25) is 9.79 Å². The number of rotatable bonds is 4. The van der Waals surface area contributed by atoms with Crippen LogP contribution in [0.15, 0.2) is 52.1 Å². The van der Waals surface area contributed by atoms with Crippen LogP contribution in [-0.2, 0) is 0 Å². The number of amides is 1. The molecular weight excluding hydrogens is 277 g/mol. The van der Waals surface area contributed by atoms with Crippen molar-refractivity contribution in [2.45, 2.75) is 0 Å². The summed E-state index contributed by atoms with van der Waals surface area (Å²) in [6, 6.07) is 3.32. The van der Waals surface area contributed by atoms with Gasteiger partial charge in [0.2, 0.25) is 0 Å². The number of phenolic OH excluding ortho intramolecular Hbond substituents is 1. The predicted octanol–water partition coefficient (Wildman–Crippen LogP) is 1.65. The van der Waals surface area contributed by atoms with Crippen LogP contribution in [-0.4, -0.2) is 23.8 Å². The number of carbonyl (C=O) groups is 1. The van der Waals surface area contributed by atoms with E-state index in [1.807, 2.05) is 0 Å². The number of hydrogen-bond donors (Lipinski definition) is 4. The fourth-order valence-electron chi connectivity index (χ4n) is 1.59. The fraction of sp³-hybridized carbons (Fsp3) is 0.0769. The van der Waals surface area contributed by atoms with Crippen molar-refractivity contribution in [3.8, 4) is 5.75 Å². The number of phenols is 1. The van der Waals surface area contributed by atoms with Gasteiger partial charge in [0, 0.05) is 18.0 Å². The van der Waals surface area contributed by atoms with Crippen molar-refractivity contribution in [3.63, 3.8) is 0 Å². The maximum Gasteiger partial charge on any atom is 0.251 e. The third-order valence-electron chi connectivity index (χ3n) is 2.68. The van der Waals surface area contributed by atoms with Crippen molar-refractivity contribution in [2.75, 3.05) is 6.54 Å². The second-order valence-electron chi connectivity index (χ2n) is 4.06. The first-order valence-electron chi connectivity index (χ1n) is 5.94. The van der Waals surface area contributed by atoms with Gasteiger partial charge in [0.1, 0.15) is 5.70 Å². The first kappa shape index (κ1) is 14.4. The summed E-state index contributed by atoms with van der Waals surface area (Å²) in [5.74, 6) is -1.94. The molecule has 0 aliphatic carbocycles. The highest BCUT2D eigenvalue weighted by molar-refractivity contribution is 5.94. The largest absolute Gasteiger partial charge is 0.505 e. The predicted molar refractivity (Wildman–Crippen MR) is 73.3 cm³/mol. The van der Waals surface area contributed by atoms with Gasteiger partial charge in [-0.1, -0.05) is 0 Å². The Bertz CT molecular complexity index is 667. The monoisotopic (exact) mass is 289 g/mol. The molecule has 0 aromatic heterocycles. The number of carbonyl (C=O) groups excluding carboxylic acids is 1. The lowest BCUT2D eigenvalue weighted by Gasteiger charge is -2.10. The lowest BCUT2D eigenvalue weighted by atomic mass is 10.2. The molecule has 0 unspecified atom stereocenters. The molecule has 21 heavy (non-hydrogen) atoms. The molecule has 1 aromatic rings. The standard InChI is InChI=1S/C13H12FN5O2/c14-9-5-8(1-2-12(9)20)13(21)18-7-11(19-15)10-6-16-3-4-17-10/h1-6,15,17,20H,7H2,(H,18,21)/b11-10-,19-15?. The Balaban J connectivity index is 2.06. The van der Waals surface area contributed by atoms with Crippen LogP contribution in [0.2, 0.25) is 0 Å². The van der Waals surface area contributed by atoms with Gasteiger partial charge in [-0.2, -0.15) is 5.11 Å². The molecule has 0 bridgehead atoms. The Hall–Kier alpha value is -3.03. The van der Waals surface area contributed by atoms with E-state index in [9.17, 15) is 9.18 Å². The molecule has 1 heterocycles. The Morgan fingerprint density at radius 3 is 2.95 bits per heavy atom. The lowest BCUT2D eigenvalue weighted by Crippen LogP contribution is -2.27. The molecule has 1 aliphatic rings. The molecule has 1 aliphatic heterocycles. The maximum atomic E-state index is 13.2. The molecule has 0 atom stereocenters. The van der Waals surface area contributed by atoms with E-state index in [1.165, 1.54) is 18.5 Å². The minimum Gasteiger partial charge on any atom is -0.505 e. The highest BCUT2D eigenvalue weighted by Crippen LogP contribution is 2.16. The van der Waals surface area contributed by atoms with E-state index in [0.29, 0.717) is 5.70 Å². The van der Waals surface area contributed by atoms with Crippen molar-refractivity contribution in [1.82, 2.24) is 10.6 Å². The van der Waals surface area contributed by atoms with Gasteiger partial charge in [-0.15, -0.1) is 0 Å². The summed E-state index contributed by atoms with van der Waals surface area (Å²) in [6.07, 6.45) is 4.57. The number of aliphatic imine (C=N–C) groups is 1. The SMILES string of the molecule is N=N/C(CNC(=O)c1ccc(O)c(F)c1)=C1/C=NC=CN1. The Labute approximate surface area is 119 Å². The van der Waals surface area contributed by atoms with Gasteiger partial charge in [0.25, 0.3) is 5.91 Å². The zero-order chi connectivity index (χ0) is 15.2. The minimum atomic E-state index is -0.877. The number of nitrogens with one attached hydrogen (secondary N) is 3. The van der Waals surface area contributed by atoms with Crippen LogP contribution in [0.4, 0.5) is 4.39 Å². The third-order valence-corrected chi connectivity index (χ3v) is 2.68. The number of halogens is 1. The zero-order valence-electron chi connectivity index (χ0n) is 10.8. The molecule has 4 N–H and O–H groups in total. The number of hydrogen-bond acceptors (Lipinski definition) is 6. The number of benzene rings is 1. The summed E-state index contributed by atoms with van der Waals surface area (Å²) in [4.78, 5) is 15.7. The van der Waals surface area contributed by atoms with Gasteiger partial charge < -0.3 is 15.7 Å². The van der Waals surface area contributed by atoms with E-state index in [0.717, 1.165) is 12.1 Å². The highest BCUT2D eigenvalue weighted by atomic mass is 19.1. The molecule has 1 amide bonds. The molecule has 0 saturated heterocycles. The third kappa shape index (κ3) is 3.50. The molecule has 108 valence electrons. The molecule has 7 nitrogen and oxygen atoms in total. The second kappa shape index (κ2) is 6.42. The van der Waals surface area contributed by atoms with Crippen molar-refractivity contribution in [1.29, 1.82) is 5.53 Å². The summed E-state index contributed by atoms with van der Waals surface area (Å²) < 4.78 is 13.2. The highest BCUT2D eigenvalue weighted by Gasteiger charge is 2.11. The van der Waals surface area contributed by atoms with Crippen molar-refractivity contribution in [3.05, 3.63) is 53.4 Å². The second-order valence-corrected chi connectivity index (χ2v) is 4.06. The summed E-state index contributed by atoms with van der Waals surface area (Å²) >= 11 is 0. The van der Waals surface area contributed by atoms with Crippen LogP contribution in [0, 0.1) is 11.3 Å². The lowest BCUT2D eigenvalue weighted by molar-refractivity contribution is 0.0956. The van der Waals surface area contributed by atoms with Crippen LogP contribution in [0.25, 0.3) is 0 Å². The van der Waals surface area contributed by atoms with Crippen LogP contribution in [0.3, 0.4) is 0 Å². The Morgan fingerprint density at radius 1 is 1.52 bits per heavy atom. The molecule has 0 fully saturated rings.